The molecule has 0 bridgehead atoms. The number of urea groups is 1. The van der Waals surface area contributed by atoms with Gasteiger partial charge in [-0.25, -0.2) is 9.69 Å². The molecule has 8 heteroatoms. The molecule has 0 radical (unpaired) electrons. The molecule has 0 spiro atoms. The number of fused-ring (bicyclic) bond motifs is 1. The summed E-state index contributed by atoms with van der Waals surface area (Å²) in [5, 5.41) is 2.94. The highest BCUT2D eigenvalue weighted by molar-refractivity contribution is 6.21. The topological polar surface area (TPSA) is 99.7 Å². The van der Waals surface area contributed by atoms with Crippen LogP contribution < -0.4 is 10.2 Å². The maximum Gasteiger partial charge on any atom is 0.332 e. The normalized spacial score (nSPS) is 21.1. The zero-order chi connectivity index (χ0) is 20.5. The van der Waals surface area contributed by atoms with Crippen molar-refractivity contribution >= 4 is 29.3 Å². The van der Waals surface area contributed by atoms with E-state index < -0.39 is 6.04 Å². The minimum Gasteiger partial charge on any atom is -0.349 e. The number of carbonyl (C=O) groups is 4. The Hall–Kier alpha value is -3.55. The Morgan fingerprint density at radius 2 is 1.86 bits per heavy atom. The maximum atomic E-state index is 13.0. The van der Waals surface area contributed by atoms with E-state index in [2.05, 4.69) is 10.3 Å². The van der Waals surface area contributed by atoms with Gasteiger partial charge in [-0.1, -0.05) is 12.1 Å². The van der Waals surface area contributed by atoms with Crippen molar-refractivity contribution in [2.45, 2.75) is 31.8 Å². The average molecular weight is 392 g/mol. The maximum absolute atomic E-state index is 13.0. The van der Waals surface area contributed by atoms with Crippen molar-refractivity contribution in [1.82, 2.24) is 15.2 Å². The van der Waals surface area contributed by atoms with Gasteiger partial charge in [0, 0.05) is 36.1 Å². The van der Waals surface area contributed by atoms with E-state index in [0.717, 1.165) is 4.90 Å². The summed E-state index contributed by atoms with van der Waals surface area (Å²) in [5.74, 6) is -0.699. The number of benzene rings is 1. The van der Waals surface area contributed by atoms with Crippen LogP contribution in [0.5, 0.6) is 0 Å². The number of hydrogen-bond donors (Lipinski definition) is 1. The van der Waals surface area contributed by atoms with Gasteiger partial charge in [-0.05, 0) is 44.0 Å². The molecule has 2 aliphatic rings. The second-order valence-electron chi connectivity index (χ2n) is 7.20. The molecule has 3 heterocycles. The van der Waals surface area contributed by atoms with Gasteiger partial charge in [0.2, 0.25) is 0 Å². The quantitative estimate of drug-likeness (QED) is 0.634. The first kappa shape index (κ1) is 18.8. The molecule has 0 saturated carbocycles. The minimum absolute atomic E-state index is 0.137. The molecule has 1 N–H and O–H groups in total. The van der Waals surface area contributed by atoms with Crippen molar-refractivity contribution in [1.29, 1.82) is 0 Å². The Morgan fingerprint density at radius 1 is 1.10 bits per heavy atom. The number of imide groups is 1. The number of piperidine rings is 1. The number of carbonyl (C=O) groups excluding carboxylic acids is 4. The van der Waals surface area contributed by atoms with E-state index in [1.807, 2.05) is 0 Å². The number of rotatable bonds is 4. The number of aromatic nitrogens is 1. The molecule has 8 nitrogen and oxygen atoms in total. The van der Waals surface area contributed by atoms with E-state index in [4.69, 9.17) is 0 Å². The van der Waals surface area contributed by atoms with Gasteiger partial charge in [0.15, 0.2) is 5.78 Å². The zero-order valence-electron chi connectivity index (χ0n) is 15.9. The fraction of sp³-hybridized carbons (Fsp3) is 0.286. The second-order valence-corrected chi connectivity index (χ2v) is 7.20. The highest BCUT2D eigenvalue weighted by Crippen LogP contribution is 2.31. The summed E-state index contributed by atoms with van der Waals surface area (Å²) >= 11 is 0. The smallest absolute Gasteiger partial charge is 0.332 e. The molecule has 4 amide bonds. The van der Waals surface area contributed by atoms with E-state index in [-0.39, 0.29) is 29.7 Å². The molecule has 1 aromatic carbocycles. The summed E-state index contributed by atoms with van der Waals surface area (Å²) in [6.07, 6.45) is 4.01. The molecule has 2 unspecified atom stereocenters. The summed E-state index contributed by atoms with van der Waals surface area (Å²) < 4.78 is 0. The Morgan fingerprint density at radius 3 is 2.59 bits per heavy atom. The molecule has 4 rings (SSSR count). The molecule has 29 heavy (non-hydrogen) atoms. The van der Waals surface area contributed by atoms with Crippen molar-refractivity contribution < 1.29 is 19.2 Å². The van der Waals surface area contributed by atoms with Gasteiger partial charge >= 0.3 is 6.03 Å². The summed E-state index contributed by atoms with van der Waals surface area (Å²) in [6, 6.07) is 8.52. The highest BCUT2D eigenvalue weighted by atomic mass is 16.2. The monoisotopic (exact) mass is 392 g/mol. The lowest BCUT2D eigenvalue weighted by Gasteiger charge is -2.32. The number of amides is 4. The number of pyridine rings is 1. The van der Waals surface area contributed by atoms with Crippen LogP contribution in [0, 0.1) is 0 Å². The standard InChI is InChI=1S/C21H20N4O4/c1-13(26)15-3-2-4-17(11-15)25-20(28)18-12-16(7-10-24(18)21(25)29)23-19(27)14-5-8-22-9-6-14/h2-6,8-9,11,16,18H,7,10,12H2,1H3,(H,23,27). The number of nitrogens with zero attached hydrogens (tertiary/aromatic N) is 3. The number of anilines is 1. The van der Waals surface area contributed by atoms with Crippen LogP contribution in [0.15, 0.2) is 48.8 Å². The second kappa shape index (κ2) is 7.46. The third-order valence-electron chi connectivity index (χ3n) is 5.33. The molecule has 2 saturated heterocycles. The Labute approximate surface area is 167 Å². The van der Waals surface area contributed by atoms with Crippen LogP contribution >= 0.6 is 0 Å². The lowest BCUT2D eigenvalue weighted by atomic mass is 9.97. The summed E-state index contributed by atoms with van der Waals surface area (Å²) in [5.41, 5.74) is 1.33. The van der Waals surface area contributed by atoms with Gasteiger partial charge in [0.25, 0.3) is 11.8 Å². The van der Waals surface area contributed by atoms with Crippen LogP contribution in [-0.4, -0.2) is 52.1 Å². The van der Waals surface area contributed by atoms with E-state index in [1.165, 1.54) is 11.8 Å². The third kappa shape index (κ3) is 3.49. The molecule has 0 aliphatic carbocycles. The molecular formula is C21H20N4O4. The number of ketones is 1. The van der Waals surface area contributed by atoms with Crippen LogP contribution in [0.25, 0.3) is 0 Å². The first-order chi connectivity index (χ1) is 14.0. The van der Waals surface area contributed by atoms with Crippen LogP contribution in [0.3, 0.4) is 0 Å². The first-order valence-corrected chi connectivity index (χ1v) is 9.42. The Bertz CT molecular complexity index is 991. The zero-order valence-corrected chi connectivity index (χ0v) is 15.9. The van der Waals surface area contributed by atoms with Gasteiger partial charge in [-0.15, -0.1) is 0 Å². The van der Waals surface area contributed by atoms with Gasteiger partial charge in [0.05, 0.1) is 5.69 Å². The molecule has 2 aliphatic heterocycles. The predicted octanol–water partition coefficient (Wildman–Crippen LogP) is 2.01. The van der Waals surface area contributed by atoms with Gasteiger partial charge in [-0.2, -0.15) is 0 Å². The predicted molar refractivity (Wildman–Crippen MR) is 105 cm³/mol. The van der Waals surface area contributed by atoms with Crippen LogP contribution in [-0.2, 0) is 4.79 Å². The average Bonchev–Trinajstić information content (AvgIpc) is 2.98. The van der Waals surface area contributed by atoms with Crippen molar-refractivity contribution in [2.24, 2.45) is 0 Å². The Kier molecular flexibility index (Phi) is 4.84. The van der Waals surface area contributed by atoms with E-state index >= 15 is 0 Å². The molecular weight excluding hydrogens is 372 g/mol. The van der Waals surface area contributed by atoms with Crippen molar-refractivity contribution in [3.63, 3.8) is 0 Å². The molecule has 2 aromatic rings. The van der Waals surface area contributed by atoms with Crippen LogP contribution in [0.1, 0.15) is 40.5 Å². The largest absolute Gasteiger partial charge is 0.349 e. The number of hydrogen-bond acceptors (Lipinski definition) is 5. The lowest BCUT2D eigenvalue weighted by Crippen LogP contribution is -2.49. The van der Waals surface area contributed by atoms with Crippen LogP contribution in [0.4, 0.5) is 10.5 Å². The van der Waals surface area contributed by atoms with E-state index in [1.54, 1.807) is 48.8 Å². The lowest BCUT2D eigenvalue weighted by molar-refractivity contribution is -0.120. The van der Waals surface area contributed by atoms with Gasteiger partial charge in [-0.3, -0.25) is 19.4 Å². The van der Waals surface area contributed by atoms with Crippen molar-refractivity contribution in [3.05, 3.63) is 59.9 Å². The summed E-state index contributed by atoms with van der Waals surface area (Å²) in [4.78, 5) is 56.4. The Balaban J connectivity index is 1.50. The van der Waals surface area contributed by atoms with Crippen molar-refractivity contribution in [3.8, 4) is 0 Å². The third-order valence-corrected chi connectivity index (χ3v) is 5.33. The van der Waals surface area contributed by atoms with E-state index in [0.29, 0.717) is 36.2 Å². The molecule has 1 aromatic heterocycles. The number of Topliss-reactive ketones (excluding diaryl/α,β-unsaturated/α-hetero) is 1. The van der Waals surface area contributed by atoms with Gasteiger partial charge < -0.3 is 10.2 Å². The fourth-order valence-corrected chi connectivity index (χ4v) is 3.80. The summed E-state index contributed by atoms with van der Waals surface area (Å²) in [6.45, 7) is 1.81. The summed E-state index contributed by atoms with van der Waals surface area (Å²) in [7, 11) is 0. The van der Waals surface area contributed by atoms with Crippen LogP contribution in [0.2, 0.25) is 0 Å². The van der Waals surface area contributed by atoms with E-state index in [9.17, 15) is 19.2 Å². The first-order valence-electron chi connectivity index (χ1n) is 9.42. The van der Waals surface area contributed by atoms with Crippen molar-refractivity contribution in [2.75, 3.05) is 11.4 Å². The SMILES string of the molecule is CC(=O)c1cccc(N2C(=O)C3CC(NC(=O)c4ccncc4)CCN3C2=O)c1. The molecule has 2 atom stereocenters. The fourth-order valence-electron chi connectivity index (χ4n) is 3.80. The highest BCUT2D eigenvalue weighted by Gasteiger charge is 2.48. The minimum atomic E-state index is -0.625. The number of nitrogens with one attached hydrogen (secondary N) is 1. The van der Waals surface area contributed by atoms with Gasteiger partial charge in [0.1, 0.15) is 6.04 Å². The molecule has 148 valence electrons. The molecule has 2 fully saturated rings.